The molecule has 2 unspecified atom stereocenters. The lowest BCUT2D eigenvalue weighted by Crippen LogP contribution is -2.11. The molecule has 1 aromatic rings. The Bertz CT molecular complexity index is 332. The van der Waals surface area contributed by atoms with Crippen LogP contribution in [0, 0.1) is 5.92 Å². The number of aryl methyl sites for hydroxylation is 1. The summed E-state index contributed by atoms with van der Waals surface area (Å²) in [6, 6.07) is 8.28. The Balaban J connectivity index is 2.33. The molecule has 76 valence electrons. The minimum Gasteiger partial charge on any atom is -0.385 e. The fourth-order valence-electron chi connectivity index (χ4n) is 2.38. The molecule has 1 nitrogen and oxygen atoms in total. The van der Waals surface area contributed by atoms with Gasteiger partial charge >= 0.3 is 0 Å². The van der Waals surface area contributed by atoms with Gasteiger partial charge in [-0.2, -0.15) is 0 Å². The molecule has 1 N–H and O–H groups in total. The van der Waals surface area contributed by atoms with Crippen molar-refractivity contribution in [2.45, 2.75) is 38.7 Å². The van der Waals surface area contributed by atoms with Crippen LogP contribution in [-0.2, 0) is 12.0 Å². The highest BCUT2D eigenvalue weighted by Gasteiger charge is 2.53. The van der Waals surface area contributed by atoms with E-state index in [0.717, 1.165) is 24.8 Å². The molecule has 2 atom stereocenters. The van der Waals surface area contributed by atoms with Crippen LogP contribution in [0.3, 0.4) is 0 Å². The lowest BCUT2D eigenvalue weighted by molar-refractivity contribution is 0.129. The minimum atomic E-state index is -0.499. The summed E-state index contributed by atoms with van der Waals surface area (Å²) in [7, 11) is 0. The van der Waals surface area contributed by atoms with Crippen molar-refractivity contribution in [2.75, 3.05) is 0 Å². The lowest BCUT2D eigenvalue weighted by Gasteiger charge is -2.14. The van der Waals surface area contributed by atoms with Crippen LogP contribution < -0.4 is 0 Å². The van der Waals surface area contributed by atoms with Crippen molar-refractivity contribution in [1.29, 1.82) is 0 Å². The first-order valence-electron chi connectivity index (χ1n) is 5.53. The van der Waals surface area contributed by atoms with Gasteiger partial charge in [0.25, 0.3) is 0 Å². The second-order valence-corrected chi connectivity index (χ2v) is 4.24. The number of rotatable bonds is 3. The van der Waals surface area contributed by atoms with Crippen LogP contribution >= 0.6 is 0 Å². The number of hydrogen-bond donors (Lipinski definition) is 1. The smallest absolute Gasteiger partial charge is 0.0932 e. The van der Waals surface area contributed by atoms with Gasteiger partial charge in [0.2, 0.25) is 0 Å². The second kappa shape index (κ2) is 3.39. The normalized spacial score (nSPS) is 30.4. The van der Waals surface area contributed by atoms with Crippen molar-refractivity contribution >= 4 is 0 Å². The molecule has 2 rings (SSSR count). The Morgan fingerprint density at radius 1 is 1.36 bits per heavy atom. The average molecular weight is 190 g/mol. The van der Waals surface area contributed by atoms with Crippen LogP contribution in [0.25, 0.3) is 0 Å². The SMILES string of the molecule is CCc1ccccc1C1(O)CC1CC. The predicted molar refractivity (Wildman–Crippen MR) is 58.1 cm³/mol. The van der Waals surface area contributed by atoms with Crippen molar-refractivity contribution in [3.8, 4) is 0 Å². The number of aliphatic hydroxyl groups is 1. The molecule has 0 aromatic heterocycles. The first kappa shape index (κ1) is 9.72. The maximum Gasteiger partial charge on any atom is 0.0932 e. The molecule has 0 aliphatic heterocycles. The molecule has 14 heavy (non-hydrogen) atoms. The summed E-state index contributed by atoms with van der Waals surface area (Å²) < 4.78 is 0. The zero-order valence-corrected chi connectivity index (χ0v) is 8.96. The molecule has 1 heteroatoms. The van der Waals surface area contributed by atoms with Gasteiger partial charge < -0.3 is 5.11 Å². The van der Waals surface area contributed by atoms with Crippen LogP contribution in [0.5, 0.6) is 0 Å². The highest BCUT2D eigenvalue weighted by molar-refractivity contribution is 5.37. The van der Waals surface area contributed by atoms with Gasteiger partial charge in [-0.25, -0.2) is 0 Å². The van der Waals surface area contributed by atoms with E-state index in [9.17, 15) is 5.11 Å². The highest BCUT2D eigenvalue weighted by Crippen LogP contribution is 2.54. The molecule has 1 saturated carbocycles. The van der Waals surface area contributed by atoms with Crippen LogP contribution in [0.1, 0.15) is 37.8 Å². The van der Waals surface area contributed by atoms with Crippen molar-refractivity contribution in [3.05, 3.63) is 35.4 Å². The fraction of sp³-hybridized carbons (Fsp3) is 0.538. The fourth-order valence-corrected chi connectivity index (χ4v) is 2.38. The van der Waals surface area contributed by atoms with E-state index in [-0.39, 0.29) is 0 Å². The molecule has 1 aliphatic carbocycles. The average Bonchev–Trinajstić information content (AvgIpc) is 2.91. The van der Waals surface area contributed by atoms with Crippen LogP contribution in [0.4, 0.5) is 0 Å². The quantitative estimate of drug-likeness (QED) is 0.777. The van der Waals surface area contributed by atoms with Gasteiger partial charge in [0.15, 0.2) is 0 Å². The molecule has 1 aliphatic rings. The molecule has 0 saturated heterocycles. The van der Waals surface area contributed by atoms with Gasteiger partial charge in [-0.1, -0.05) is 44.5 Å². The molecule has 0 spiro atoms. The summed E-state index contributed by atoms with van der Waals surface area (Å²) in [6.45, 7) is 4.29. The Labute approximate surface area is 85.8 Å². The third-order valence-corrected chi connectivity index (χ3v) is 3.43. The third kappa shape index (κ3) is 1.36. The second-order valence-electron chi connectivity index (χ2n) is 4.24. The monoisotopic (exact) mass is 190 g/mol. The molecular formula is C13H18O. The summed E-state index contributed by atoms with van der Waals surface area (Å²) in [6.07, 6.45) is 3.03. The zero-order valence-electron chi connectivity index (χ0n) is 8.96. The maximum absolute atomic E-state index is 10.4. The summed E-state index contributed by atoms with van der Waals surface area (Å²) in [5.74, 6) is 0.482. The summed E-state index contributed by atoms with van der Waals surface area (Å²) in [5.41, 5.74) is 1.96. The number of hydrogen-bond acceptors (Lipinski definition) is 1. The van der Waals surface area contributed by atoms with E-state index < -0.39 is 5.60 Å². The summed E-state index contributed by atoms with van der Waals surface area (Å²) in [5, 5.41) is 10.4. The number of benzene rings is 1. The first-order valence-corrected chi connectivity index (χ1v) is 5.53. The van der Waals surface area contributed by atoms with Crippen LogP contribution in [0.15, 0.2) is 24.3 Å². The van der Waals surface area contributed by atoms with Gasteiger partial charge in [0, 0.05) is 0 Å². The van der Waals surface area contributed by atoms with E-state index >= 15 is 0 Å². The molecule has 0 heterocycles. The van der Waals surface area contributed by atoms with Crippen LogP contribution in [-0.4, -0.2) is 5.11 Å². The van der Waals surface area contributed by atoms with Gasteiger partial charge in [-0.15, -0.1) is 0 Å². The van der Waals surface area contributed by atoms with E-state index in [0.29, 0.717) is 5.92 Å². The van der Waals surface area contributed by atoms with Gasteiger partial charge in [-0.3, -0.25) is 0 Å². The largest absolute Gasteiger partial charge is 0.385 e. The zero-order chi connectivity index (χ0) is 10.2. The molecule has 1 fully saturated rings. The van der Waals surface area contributed by atoms with Gasteiger partial charge in [0.1, 0.15) is 0 Å². The minimum absolute atomic E-state index is 0.482. The topological polar surface area (TPSA) is 20.2 Å². The van der Waals surface area contributed by atoms with E-state index in [1.54, 1.807) is 0 Å². The van der Waals surface area contributed by atoms with Crippen molar-refractivity contribution in [2.24, 2.45) is 5.92 Å². The van der Waals surface area contributed by atoms with E-state index in [1.165, 1.54) is 5.56 Å². The van der Waals surface area contributed by atoms with Crippen molar-refractivity contribution in [1.82, 2.24) is 0 Å². The van der Waals surface area contributed by atoms with Crippen LogP contribution in [0.2, 0.25) is 0 Å². The van der Waals surface area contributed by atoms with E-state index in [4.69, 9.17) is 0 Å². The third-order valence-electron chi connectivity index (χ3n) is 3.43. The van der Waals surface area contributed by atoms with Gasteiger partial charge in [0.05, 0.1) is 5.60 Å². The standard InChI is InChI=1S/C13H18O/c1-3-10-7-5-6-8-12(10)13(14)9-11(13)4-2/h5-8,11,14H,3-4,9H2,1-2H3. The maximum atomic E-state index is 10.4. The summed E-state index contributed by atoms with van der Waals surface area (Å²) >= 11 is 0. The molecule has 0 amide bonds. The first-order chi connectivity index (χ1) is 6.72. The van der Waals surface area contributed by atoms with Crippen molar-refractivity contribution in [3.63, 3.8) is 0 Å². The van der Waals surface area contributed by atoms with Crippen molar-refractivity contribution < 1.29 is 5.11 Å². The molecule has 0 bridgehead atoms. The molecular weight excluding hydrogens is 172 g/mol. The molecule has 0 radical (unpaired) electrons. The Hall–Kier alpha value is -0.820. The Morgan fingerprint density at radius 3 is 2.64 bits per heavy atom. The van der Waals surface area contributed by atoms with E-state index in [2.05, 4.69) is 32.0 Å². The summed E-state index contributed by atoms with van der Waals surface area (Å²) in [4.78, 5) is 0. The Morgan fingerprint density at radius 2 is 2.07 bits per heavy atom. The Kier molecular flexibility index (Phi) is 2.36. The lowest BCUT2D eigenvalue weighted by atomic mass is 9.97. The predicted octanol–water partition coefficient (Wildman–Crippen LogP) is 2.87. The van der Waals surface area contributed by atoms with Gasteiger partial charge in [-0.05, 0) is 29.9 Å². The highest BCUT2D eigenvalue weighted by atomic mass is 16.3. The molecule has 1 aromatic carbocycles. The van der Waals surface area contributed by atoms with E-state index in [1.807, 2.05) is 6.07 Å².